The molecule has 0 aliphatic heterocycles. The number of rotatable bonds is 8. The zero-order valence-electron chi connectivity index (χ0n) is 28.0. The highest BCUT2D eigenvalue weighted by Gasteiger charge is 2.40. The molecule has 5 rings (SSSR count). The van der Waals surface area contributed by atoms with Crippen LogP contribution in [0.5, 0.6) is 0 Å². The number of Topliss-reactive ketones (excluding diaryl/α,β-unsaturated/α-hetero) is 2. The van der Waals surface area contributed by atoms with Crippen molar-refractivity contribution in [1.29, 1.82) is 0 Å². The molecule has 4 aromatic heterocycles. The summed E-state index contributed by atoms with van der Waals surface area (Å²) < 4.78 is 152. The van der Waals surface area contributed by atoms with Gasteiger partial charge in [-0.15, -0.1) is 0 Å². The molecule has 1 aromatic carbocycles. The summed E-state index contributed by atoms with van der Waals surface area (Å²) in [6.07, 6.45) is -13.3. The van der Waals surface area contributed by atoms with Gasteiger partial charge in [0.05, 0.1) is 23.2 Å². The van der Waals surface area contributed by atoms with Gasteiger partial charge in [-0.05, 0) is 36.8 Å². The number of hydrogen-bond acceptors (Lipinski definition) is 12. The number of aromatic nitrogens is 7. The van der Waals surface area contributed by atoms with Crippen molar-refractivity contribution < 1.29 is 62.3 Å². The van der Waals surface area contributed by atoms with Crippen LogP contribution in [-0.4, -0.2) is 65.0 Å². The Hall–Kier alpha value is -5.30. The molecule has 0 fully saturated rings. The van der Waals surface area contributed by atoms with E-state index in [9.17, 15) is 62.3 Å². The van der Waals surface area contributed by atoms with Gasteiger partial charge in [-0.3, -0.25) is 14.6 Å². The van der Waals surface area contributed by atoms with Crippen molar-refractivity contribution in [2.75, 3.05) is 17.9 Å². The molecule has 0 unspecified atom stereocenters. The molecule has 0 bridgehead atoms. The highest BCUT2D eigenvalue weighted by atomic mass is 32.2. The maximum absolute atomic E-state index is 13.1. The van der Waals surface area contributed by atoms with E-state index < -0.39 is 65.1 Å². The molecule has 5 aromatic rings. The Balaban J connectivity index is 0.000000251. The minimum atomic E-state index is -5.20. The van der Waals surface area contributed by atoms with Crippen LogP contribution in [0.15, 0.2) is 83.6 Å². The van der Waals surface area contributed by atoms with E-state index in [1.165, 1.54) is 30.1 Å². The van der Waals surface area contributed by atoms with E-state index in [4.69, 9.17) is 5.84 Å². The van der Waals surface area contributed by atoms with Crippen molar-refractivity contribution in [2.45, 2.75) is 41.4 Å². The fraction of sp³-hybridized carbons (Fsp3) is 0.226. The first-order valence-electron chi connectivity index (χ1n) is 14.7. The molecule has 0 atom stereocenters. The monoisotopic (exact) mass is 845 g/mol. The van der Waals surface area contributed by atoms with Crippen molar-refractivity contribution in [2.24, 2.45) is 5.84 Å². The molecule has 0 spiro atoms. The number of benzene rings is 1. The van der Waals surface area contributed by atoms with Gasteiger partial charge in [0.25, 0.3) is 0 Å². The van der Waals surface area contributed by atoms with Crippen molar-refractivity contribution in [3.05, 3.63) is 95.7 Å². The summed E-state index contributed by atoms with van der Waals surface area (Å²) in [5.74, 6) is 2.08. The summed E-state index contributed by atoms with van der Waals surface area (Å²) >= 11 is 2.64. The third kappa shape index (κ3) is 12.9. The number of nitrogen functional groups attached to an aromatic ring is 1. The first kappa shape index (κ1) is 45.1. The Labute approximate surface area is 315 Å². The van der Waals surface area contributed by atoms with E-state index in [1.54, 1.807) is 18.5 Å². The van der Waals surface area contributed by atoms with E-state index in [0.29, 0.717) is 30.3 Å². The van der Waals surface area contributed by atoms with E-state index in [-0.39, 0.29) is 22.2 Å². The Morgan fingerprint density at radius 2 is 1.36 bits per heavy atom. The average Bonchev–Trinajstić information content (AvgIpc) is 3.61. The van der Waals surface area contributed by atoms with Crippen LogP contribution >= 0.6 is 23.5 Å². The Kier molecular flexibility index (Phi) is 14.9. The number of ketones is 2. The molecule has 4 heterocycles. The molecule has 25 heteroatoms. The molecule has 0 saturated carbocycles. The number of nitrogens with zero attached hydrogens (tertiary/aromatic N) is 7. The number of pyridine rings is 1. The standard InChI is InChI=1S/C16H10F6N4S.C10H5F6NO2.C5H8N4S/c1-27-14-23-6-5-13(24-14)26-11(8-12(25-26)16(20,21)22)9-3-2-4-10(7-9)15(17,18)19;11-9(12,13)6-1-5(3-17-4-6)7(18)2-8(19)10(14,15)16;1-10-5-7-3-2-4(8-5)9-6/h2-8H,1H3;1,3-4H,2H2;2-3H,6H2,1H3,(H,7,8,9). The smallest absolute Gasteiger partial charge is 0.308 e. The number of halogens is 12. The molecule has 3 N–H and O–H groups in total. The van der Waals surface area contributed by atoms with Crippen LogP contribution in [0.1, 0.15) is 33.6 Å². The van der Waals surface area contributed by atoms with Crippen molar-refractivity contribution in [3.8, 4) is 17.1 Å². The van der Waals surface area contributed by atoms with Crippen molar-refractivity contribution in [3.63, 3.8) is 0 Å². The van der Waals surface area contributed by atoms with Gasteiger partial charge in [-0.25, -0.2) is 30.5 Å². The number of hydrazine groups is 1. The lowest BCUT2D eigenvalue weighted by molar-refractivity contribution is -0.170. The normalized spacial score (nSPS) is 11.8. The lowest BCUT2D eigenvalue weighted by Gasteiger charge is -2.10. The summed E-state index contributed by atoms with van der Waals surface area (Å²) in [5, 5.41) is 4.51. The first-order chi connectivity index (χ1) is 26.0. The Bertz CT molecular complexity index is 2100. The van der Waals surface area contributed by atoms with Crippen LogP contribution in [0.25, 0.3) is 17.1 Å². The fourth-order valence-corrected chi connectivity index (χ4v) is 4.62. The third-order valence-electron chi connectivity index (χ3n) is 6.49. The number of carbonyl (C=O) groups is 2. The highest BCUT2D eigenvalue weighted by Crippen LogP contribution is 2.36. The maximum Gasteiger partial charge on any atom is 0.450 e. The van der Waals surface area contributed by atoms with Gasteiger partial charge < -0.3 is 5.43 Å². The minimum absolute atomic E-state index is 0.0114. The SMILES string of the molecule is CSc1nccc(-n2nc(C(F)(F)F)cc2-c2cccc(C(F)(F)F)c2)n1.CSc1nccc(NN)n1.O=C(CC(=O)C(F)(F)F)c1cncc(C(F)(F)F)c1. The number of carbonyl (C=O) groups excluding carboxylic acids is 2. The van der Waals surface area contributed by atoms with Gasteiger partial charge >= 0.3 is 24.7 Å². The molecule has 56 heavy (non-hydrogen) atoms. The number of thioether (sulfide) groups is 2. The van der Waals surface area contributed by atoms with Crippen LogP contribution in [-0.2, 0) is 23.3 Å². The Morgan fingerprint density at radius 1 is 0.750 bits per heavy atom. The van der Waals surface area contributed by atoms with Gasteiger partial charge in [0.2, 0.25) is 5.78 Å². The van der Waals surface area contributed by atoms with Crippen molar-refractivity contribution in [1.82, 2.24) is 34.7 Å². The molecule has 0 amide bonds. The number of anilines is 1. The largest absolute Gasteiger partial charge is 0.450 e. The van der Waals surface area contributed by atoms with Gasteiger partial charge in [0.1, 0.15) is 5.82 Å². The minimum Gasteiger partial charge on any atom is -0.308 e. The molecule has 0 radical (unpaired) electrons. The summed E-state index contributed by atoms with van der Waals surface area (Å²) in [6.45, 7) is 0. The van der Waals surface area contributed by atoms with Crippen LogP contribution in [0, 0.1) is 0 Å². The lowest BCUT2D eigenvalue weighted by atomic mass is 10.1. The van der Waals surface area contributed by atoms with E-state index in [2.05, 4.69) is 35.4 Å². The second kappa shape index (κ2) is 18.6. The second-order valence-electron chi connectivity index (χ2n) is 10.4. The van der Waals surface area contributed by atoms with Crippen LogP contribution in [0.4, 0.5) is 58.5 Å². The Morgan fingerprint density at radius 3 is 1.91 bits per heavy atom. The number of hydrogen-bond donors (Lipinski definition) is 2. The average molecular weight is 846 g/mol. The van der Waals surface area contributed by atoms with E-state index in [1.807, 2.05) is 6.26 Å². The number of nitrogens with one attached hydrogen (secondary N) is 1. The van der Waals surface area contributed by atoms with E-state index in [0.717, 1.165) is 39.8 Å². The summed E-state index contributed by atoms with van der Waals surface area (Å²) in [6, 6.07) is 8.07. The summed E-state index contributed by atoms with van der Waals surface area (Å²) in [4.78, 5) is 40.9. The molecule has 0 saturated heterocycles. The zero-order valence-corrected chi connectivity index (χ0v) is 29.6. The predicted octanol–water partition coefficient (Wildman–Crippen LogP) is 8.38. The molecule has 300 valence electrons. The predicted molar refractivity (Wildman–Crippen MR) is 177 cm³/mol. The molecular formula is C31H23F12N9O2S2. The summed E-state index contributed by atoms with van der Waals surface area (Å²) in [5.41, 5.74) is -2.00. The fourth-order valence-electron chi connectivity index (χ4n) is 3.92. The maximum atomic E-state index is 13.1. The first-order valence-corrected chi connectivity index (χ1v) is 17.1. The van der Waals surface area contributed by atoms with Gasteiger partial charge in [-0.2, -0.15) is 57.8 Å². The topological polar surface area (TPSA) is 154 Å². The lowest BCUT2D eigenvalue weighted by Crippen LogP contribution is -2.25. The third-order valence-corrected chi connectivity index (χ3v) is 7.62. The quantitative estimate of drug-likeness (QED) is 0.0293. The van der Waals surface area contributed by atoms with Gasteiger partial charge in [0.15, 0.2) is 27.6 Å². The molecule has 0 aliphatic rings. The van der Waals surface area contributed by atoms with Crippen molar-refractivity contribution >= 4 is 40.9 Å². The van der Waals surface area contributed by atoms with Crippen LogP contribution < -0.4 is 11.3 Å². The number of alkyl halides is 12. The molecular weight excluding hydrogens is 823 g/mol. The highest BCUT2D eigenvalue weighted by molar-refractivity contribution is 7.98. The van der Waals surface area contributed by atoms with E-state index >= 15 is 0 Å². The summed E-state index contributed by atoms with van der Waals surface area (Å²) in [7, 11) is 0. The number of nitrogens with two attached hydrogens (primary N) is 1. The molecule has 0 aliphatic carbocycles. The van der Waals surface area contributed by atoms with Gasteiger partial charge in [0, 0.05) is 48.0 Å². The van der Waals surface area contributed by atoms with Crippen LogP contribution in [0.3, 0.4) is 0 Å². The van der Waals surface area contributed by atoms with Crippen LogP contribution in [0.2, 0.25) is 0 Å². The molecule has 11 nitrogen and oxygen atoms in total. The zero-order chi connectivity index (χ0) is 42.1. The second-order valence-corrected chi connectivity index (χ2v) is 11.9. The van der Waals surface area contributed by atoms with Gasteiger partial charge in [-0.1, -0.05) is 35.7 Å².